The lowest BCUT2D eigenvalue weighted by Crippen LogP contribution is -2.48. The van der Waals surface area contributed by atoms with Gasteiger partial charge in [-0.25, -0.2) is 5.43 Å². The second-order valence-electron chi connectivity index (χ2n) is 8.82. The van der Waals surface area contributed by atoms with E-state index in [1.165, 1.54) is 16.9 Å². The van der Waals surface area contributed by atoms with Crippen molar-refractivity contribution in [2.45, 2.75) is 50.7 Å². The largest absolute Gasteiger partial charge is 0.573 e. The van der Waals surface area contributed by atoms with Gasteiger partial charge in [-0.1, -0.05) is 29.8 Å². The van der Waals surface area contributed by atoms with Crippen LogP contribution in [-0.2, 0) is 0 Å². The van der Waals surface area contributed by atoms with Crippen molar-refractivity contribution in [2.75, 3.05) is 6.54 Å². The lowest BCUT2D eigenvalue weighted by Gasteiger charge is -2.30. The number of nitrogens with zero attached hydrogens (tertiary/aromatic N) is 4. The Hall–Kier alpha value is -3.44. The van der Waals surface area contributed by atoms with Gasteiger partial charge >= 0.3 is 6.36 Å². The molecule has 2 aromatic carbocycles. The molecule has 2 saturated heterocycles. The topological polar surface area (TPSA) is 84.3 Å². The highest BCUT2D eigenvalue weighted by Gasteiger charge is 2.41. The molecule has 2 aliphatic rings. The fraction of sp³-hybridized carbons (Fsp3) is 0.375. The van der Waals surface area contributed by atoms with Crippen molar-refractivity contribution in [3.63, 3.8) is 0 Å². The molecule has 1 amide bonds. The van der Waals surface area contributed by atoms with Crippen LogP contribution in [0.25, 0.3) is 5.69 Å². The van der Waals surface area contributed by atoms with E-state index in [0.29, 0.717) is 29.8 Å². The number of benzene rings is 2. The number of rotatable bonds is 5. The minimum Gasteiger partial charge on any atom is -0.405 e. The van der Waals surface area contributed by atoms with Crippen LogP contribution in [0.15, 0.2) is 54.9 Å². The Bertz CT molecular complexity index is 1200. The van der Waals surface area contributed by atoms with E-state index in [-0.39, 0.29) is 29.8 Å². The molecule has 3 aromatic rings. The number of alkyl halides is 3. The average molecular weight is 486 g/mol. The van der Waals surface area contributed by atoms with Gasteiger partial charge in [0.1, 0.15) is 5.75 Å². The average Bonchev–Trinajstić information content (AvgIpc) is 3.59. The number of ether oxygens (including phenoxy) is 1. The molecule has 2 aliphatic heterocycles. The summed E-state index contributed by atoms with van der Waals surface area (Å²) in [7, 11) is 0. The van der Waals surface area contributed by atoms with Crippen molar-refractivity contribution >= 4 is 5.91 Å². The fourth-order valence-corrected chi connectivity index (χ4v) is 4.98. The van der Waals surface area contributed by atoms with E-state index < -0.39 is 6.36 Å². The van der Waals surface area contributed by atoms with Crippen LogP contribution in [0.3, 0.4) is 0 Å². The third-order valence-electron chi connectivity index (χ3n) is 6.49. The molecule has 11 heteroatoms. The maximum absolute atomic E-state index is 13.7. The molecular formula is C24H25F3N6O2. The Kier molecular flexibility index (Phi) is 6.20. The number of nitrogens with one attached hydrogen (secondary N) is 2. The predicted octanol–water partition coefficient (Wildman–Crippen LogP) is 3.69. The molecule has 5 rings (SSSR count). The lowest BCUT2D eigenvalue weighted by atomic mass is 9.95. The second-order valence-corrected chi connectivity index (χ2v) is 8.82. The summed E-state index contributed by atoms with van der Waals surface area (Å²) in [5, 5.41) is 8.36. The molecule has 0 bridgehead atoms. The monoisotopic (exact) mass is 486 g/mol. The highest BCUT2D eigenvalue weighted by Crippen LogP contribution is 2.36. The summed E-state index contributed by atoms with van der Waals surface area (Å²) in [4.78, 5) is 17.0. The van der Waals surface area contributed by atoms with Gasteiger partial charge < -0.3 is 9.64 Å². The Balaban J connectivity index is 1.36. The van der Waals surface area contributed by atoms with Crippen molar-refractivity contribution < 1.29 is 22.7 Å². The Morgan fingerprint density at radius 3 is 2.66 bits per heavy atom. The molecule has 2 fully saturated rings. The van der Waals surface area contributed by atoms with Gasteiger partial charge in [-0.3, -0.25) is 10.2 Å². The number of amides is 1. The van der Waals surface area contributed by atoms with Crippen LogP contribution in [0.5, 0.6) is 5.75 Å². The first-order valence-electron chi connectivity index (χ1n) is 11.4. The van der Waals surface area contributed by atoms with Crippen LogP contribution < -0.4 is 15.6 Å². The van der Waals surface area contributed by atoms with E-state index in [1.807, 2.05) is 30.0 Å². The van der Waals surface area contributed by atoms with E-state index in [0.717, 1.165) is 18.4 Å². The normalized spacial score (nSPS) is 22.5. The van der Waals surface area contributed by atoms with E-state index in [1.54, 1.807) is 24.5 Å². The molecule has 35 heavy (non-hydrogen) atoms. The van der Waals surface area contributed by atoms with Crippen molar-refractivity contribution in [2.24, 2.45) is 0 Å². The molecule has 0 radical (unpaired) electrons. The van der Waals surface area contributed by atoms with Gasteiger partial charge in [0.25, 0.3) is 5.91 Å². The molecule has 0 saturated carbocycles. The number of para-hydroxylation sites is 1. The zero-order valence-electron chi connectivity index (χ0n) is 19.0. The molecule has 8 nitrogen and oxygen atoms in total. The fourth-order valence-electron chi connectivity index (χ4n) is 4.98. The number of carbonyl (C=O) groups is 1. The zero-order valence-corrected chi connectivity index (χ0v) is 19.0. The van der Waals surface area contributed by atoms with E-state index in [4.69, 9.17) is 0 Å². The molecule has 184 valence electrons. The summed E-state index contributed by atoms with van der Waals surface area (Å²) < 4.78 is 42.9. The Morgan fingerprint density at radius 2 is 1.89 bits per heavy atom. The van der Waals surface area contributed by atoms with Gasteiger partial charge in [0.2, 0.25) is 0 Å². The van der Waals surface area contributed by atoms with Crippen molar-refractivity contribution in [3.8, 4) is 11.4 Å². The Labute approximate surface area is 200 Å². The quantitative estimate of drug-likeness (QED) is 0.573. The maximum Gasteiger partial charge on any atom is 0.573 e. The van der Waals surface area contributed by atoms with Gasteiger partial charge in [-0.2, -0.15) is 15.0 Å². The lowest BCUT2D eigenvalue weighted by molar-refractivity contribution is -0.275. The molecule has 3 heterocycles. The summed E-state index contributed by atoms with van der Waals surface area (Å²) in [5.74, 6) is -0.343. The number of hydrogen-bond donors (Lipinski definition) is 2. The van der Waals surface area contributed by atoms with Crippen LogP contribution in [0.1, 0.15) is 46.8 Å². The van der Waals surface area contributed by atoms with Gasteiger partial charge in [-0.15, -0.1) is 13.2 Å². The second kappa shape index (κ2) is 9.31. The zero-order chi connectivity index (χ0) is 24.6. The highest BCUT2D eigenvalue weighted by atomic mass is 19.4. The summed E-state index contributed by atoms with van der Waals surface area (Å²) in [6, 6.07) is 11.1. The van der Waals surface area contributed by atoms with Gasteiger partial charge in [0.05, 0.1) is 29.7 Å². The smallest absolute Gasteiger partial charge is 0.405 e. The minimum atomic E-state index is -4.77. The van der Waals surface area contributed by atoms with E-state index >= 15 is 0 Å². The Morgan fingerprint density at radius 1 is 1.11 bits per heavy atom. The third-order valence-corrected chi connectivity index (χ3v) is 6.49. The number of carbonyl (C=O) groups excluding carboxylic acids is 1. The third kappa shape index (κ3) is 4.87. The van der Waals surface area contributed by atoms with Crippen LogP contribution in [0.2, 0.25) is 0 Å². The number of likely N-dealkylation sites (tertiary alicyclic amines) is 1. The van der Waals surface area contributed by atoms with Crippen LogP contribution in [0, 0.1) is 6.92 Å². The first-order chi connectivity index (χ1) is 16.8. The summed E-state index contributed by atoms with van der Waals surface area (Å²) in [5.41, 5.74) is 8.80. The maximum atomic E-state index is 13.7. The van der Waals surface area contributed by atoms with Gasteiger partial charge in [-0.05, 0) is 44.4 Å². The number of hydrazine groups is 1. The van der Waals surface area contributed by atoms with E-state index in [2.05, 4.69) is 25.8 Å². The summed E-state index contributed by atoms with van der Waals surface area (Å²) in [6.07, 6.45) is 0.482. The van der Waals surface area contributed by atoms with Crippen LogP contribution in [-0.4, -0.2) is 50.8 Å². The molecule has 2 N–H and O–H groups in total. The van der Waals surface area contributed by atoms with Crippen molar-refractivity contribution in [3.05, 3.63) is 71.5 Å². The number of aromatic nitrogens is 3. The molecule has 1 aromatic heterocycles. The van der Waals surface area contributed by atoms with Crippen LogP contribution >= 0.6 is 0 Å². The predicted molar refractivity (Wildman–Crippen MR) is 121 cm³/mol. The standard InChI is InChI=1S/C24H25F3N6O2/c1-15-8-9-20(33-28-10-11-29-33)17(13-15)23(34)32-12-4-6-21(32)19-14-18(30-31-19)16-5-2-3-7-22(16)35-24(25,26)27/h2-3,5,7-11,13,18-19,21,30-31H,4,6,12,14H2,1H3/t18?,19?,21-/m0/s1. The molecule has 3 atom stereocenters. The van der Waals surface area contributed by atoms with Crippen molar-refractivity contribution in [1.29, 1.82) is 0 Å². The number of aryl methyl sites for hydroxylation is 1. The van der Waals surface area contributed by atoms with Gasteiger partial charge in [0.15, 0.2) is 0 Å². The summed E-state index contributed by atoms with van der Waals surface area (Å²) >= 11 is 0. The summed E-state index contributed by atoms with van der Waals surface area (Å²) in [6.45, 7) is 2.52. The highest BCUT2D eigenvalue weighted by molar-refractivity contribution is 5.98. The minimum absolute atomic E-state index is 0.116. The SMILES string of the molecule is Cc1ccc(-n2nccn2)c(C(=O)N2CCC[C@H]2C2CC(c3ccccc3OC(F)(F)F)NN2)c1. The molecule has 0 spiro atoms. The van der Waals surface area contributed by atoms with E-state index in [9.17, 15) is 18.0 Å². The van der Waals surface area contributed by atoms with Gasteiger partial charge in [0, 0.05) is 24.2 Å². The number of halogens is 3. The first-order valence-corrected chi connectivity index (χ1v) is 11.4. The number of hydrogen-bond acceptors (Lipinski definition) is 6. The van der Waals surface area contributed by atoms with Crippen LogP contribution in [0.4, 0.5) is 13.2 Å². The first kappa shape index (κ1) is 23.3. The molecule has 2 unspecified atom stereocenters. The molecule has 0 aliphatic carbocycles. The molecular weight excluding hydrogens is 461 g/mol. The van der Waals surface area contributed by atoms with Crippen molar-refractivity contribution in [1.82, 2.24) is 30.7 Å².